The van der Waals surface area contributed by atoms with Gasteiger partial charge in [-0.3, -0.25) is 4.79 Å². The molecule has 1 amide bonds. The SMILES string of the molecule is COC1CNC(C(=O)NCC(C)(C)CO)C1. The van der Waals surface area contributed by atoms with Crippen molar-refractivity contribution in [3.05, 3.63) is 0 Å². The fourth-order valence-electron chi connectivity index (χ4n) is 1.59. The number of hydrogen-bond donors (Lipinski definition) is 3. The maximum atomic E-state index is 11.8. The number of nitrogens with one attached hydrogen (secondary N) is 2. The molecule has 0 spiro atoms. The average molecular weight is 230 g/mol. The summed E-state index contributed by atoms with van der Waals surface area (Å²) in [4.78, 5) is 11.8. The molecular weight excluding hydrogens is 208 g/mol. The van der Waals surface area contributed by atoms with Crippen molar-refractivity contribution >= 4 is 5.91 Å². The summed E-state index contributed by atoms with van der Waals surface area (Å²) < 4.78 is 5.18. The molecule has 2 unspecified atom stereocenters. The van der Waals surface area contributed by atoms with Crippen LogP contribution in [0.5, 0.6) is 0 Å². The summed E-state index contributed by atoms with van der Waals surface area (Å²) in [6, 6.07) is -0.167. The molecule has 1 rings (SSSR count). The number of methoxy groups -OCH3 is 1. The molecule has 1 heterocycles. The highest BCUT2D eigenvalue weighted by Crippen LogP contribution is 2.13. The summed E-state index contributed by atoms with van der Waals surface area (Å²) in [6.45, 7) is 5.09. The minimum Gasteiger partial charge on any atom is -0.396 e. The third-order valence-corrected chi connectivity index (χ3v) is 2.91. The highest BCUT2D eigenvalue weighted by atomic mass is 16.5. The summed E-state index contributed by atoms with van der Waals surface area (Å²) in [7, 11) is 1.65. The molecule has 0 saturated carbocycles. The Morgan fingerprint density at radius 1 is 1.62 bits per heavy atom. The third-order valence-electron chi connectivity index (χ3n) is 2.91. The van der Waals surface area contributed by atoms with Crippen molar-refractivity contribution in [1.82, 2.24) is 10.6 Å². The van der Waals surface area contributed by atoms with Crippen molar-refractivity contribution in [1.29, 1.82) is 0 Å². The molecule has 0 aromatic carbocycles. The maximum absolute atomic E-state index is 11.8. The number of aliphatic hydroxyl groups is 1. The molecule has 1 saturated heterocycles. The van der Waals surface area contributed by atoms with E-state index in [9.17, 15) is 4.79 Å². The normalized spacial score (nSPS) is 25.8. The first-order chi connectivity index (χ1) is 7.48. The predicted molar refractivity (Wildman–Crippen MR) is 61.1 cm³/mol. The largest absolute Gasteiger partial charge is 0.396 e. The molecule has 1 fully saturated rings. The quantitative estimate of drug-likeness (QED) is 0.595. The summed E-state index contributed by atoms with van der Waals surface area (Å²) in [5.74, 6) is -0.0129. The Morgan fingerprint density at radius 3 is 2.81 bits per heavy atom. The van der Waals surface area contributed by atoms with Gasteiger partial charge in [-0.1, -0.05) is 13.8 Å². The van der Waals surface area contributed by atoms with Crippen molar-refractivity contribution in [3.8, 4) is 0 Å². The summed E-state index contributed by atoms with van der Waals surface area (Å²) in [5.41, 5.74) is -0.269. The first kappa shape index (κ1) is 13.4. The second-order valence-electron chi connectivity index (χ2n) is 5.09. The lowest BCUT2D eigenvalue weighted by Gasteiger charge is -2.23. The first-order valence-corrected chi connectivity index (χ1v) is 5.63. The Kier molecular flexibility index (Phi) is 4.70. The van der Waals surface area contributed by atoms with E-state index in [0.717, 1.165) is 6.54 Å². The van der Waals surface area contributed by atoms with Crippen molar-refractivity contribution in [3.63, 3.8) is 0 Å². The van der Waals surface area contributed by atoms with Gasteiger partial charge in [-0.25, -0.2) is 0 Å². The Hall–Kier alpha value is -0.650. The van der Waals surface area contributed by atoms with E-state index in [0.29, 0.717) is 13.0 Å². The molecular formula is C11H22N2O3. The number of carbonyl (C=O) groups excluding carboxylic acids is 1. The van der Waals surface area contributed by atoms with Crippen LogP contribution in [-0.2, 0) is 9.53 Å². The molecule has 1 aliphatic rings. The molecule has 0 aromatic rings. The molecule has 2 atom stereocenters. The number of hydrogen-bond acceptors (Lipinski definition) is 4. The Morgan fingerprint density at radius 2 is 2.31 bits per heavy atom. The zero-order valence-electron chi connectivity index (χ0n) is 10.2. The predicted octanol–water partition coefficient (Wildman–Crippen LogP) is -0.502. The van der Waals surface area contributed by atoms with Gasteiger partial charge in [0.2, 0.25) is 5.91 Å². The van der Waals surface area contributed by atoms with Crippen molar-refractivity contribution in [2.24, 2.45) is 5.41 Å². The van der Waals surface area contributed by atoms with Gasteiger partial charge in [0.05, 0.1) is 12.1 Å². The average Bonchev–Trinajstić information content (AvgIpc) is 2.74. The molecule has 5 nitrogen and oxygen atoms in total. The van der Waals surface area contributed by atoms with E-state index < -0.39 is 0 Å². The van der Waals surface area contributed by atoms with Gasteiger partial charge in [-0.15, -0.1) is 0 Å². The first-order valence-electron chi connectivity index (χ1n) is 5.63. The Labute approximate surface area is 96.6 Å². The fourth-order valence-corrected chi connectivity index (χ4v) is 1.59. The second-order valence-corrected chi connectivity index (χ2v) is 5.09. The summed E-state index contributed by atoms with van der Waals surface area (Å²) >= 11 is 0. The van der Waals surface area contributed by atoms with Crippen LogP contribution in [0.25, 0.3) is 0 Å². The van der Waals surface area contributed by atoms with Gasteiger partial charge in [0.15, 0.2) is 0 Å². The maximum Gasteiger partial charge on any atom is 0.237 e. The molecule has 0 radical (unpaired) electrons. The molecule has 1 aliphatic heterocycles. The van der Waals surface area contributed by atoms with Gasteiger partial charge in [0.25, 0.3) is 0 Å². The van der Waals surface area contributed by atoms with Crippen LogP contribution in [0.1, 0.15) is 20.3 Å². The zero-order chi connectivity index (χ0) is 12.2. The smallest absolute Gasteiger partial charge is 0.237 e. The Balaban J connectivity index is 2.31. The van der Waals surface area contributed by atoms with Crippen LogP contribution in [0.2, 0.25) is 0 Å². The van der Waals surface area contributed by atoms with Gasteiger partial charge in [-0.05, 0) is 6.42 Å². The summed E-state index contributed by atoms with van der Waals surface area (Å²) in [5, 5.41) is 15.0. The van der Waals surface area contributed by atoms with Crippen LogP contribution >= 0.6 is 0 Å². The molecule has 0 aromatic heterocycles. The van der Waals surface area contributed by atoms with E-state index in [1.165, 1.54) is 0 Å². The highest BCUT2D eigenvalue weighted by Gasteiger charge is 2.30. The monoisotopic (exact) mass is 230 g/mol. The lowest BCUT2D eigenvalue weighted by atomic mass is 9.95. The van der Waals surface area contributed by atoms with Gasteiger partial charge in [0.1, 0.15) is 0 Å². The van der Waals surface area contributed by atoms with Crippen LogP contribution in [0.4, 0.5) is 0 Å². The van der Waals surface area contributed by atoms with Crippen LogP contribution in [0, 0.1) is 5.41 Å². The van der Waals surface area contributed by atoms with Crippen molar-refractivity contribution in [2.75, 3.05) is 26.8 Å². The molecule has 5 heteroatoms. The number of aliphatic hydroxyl groups excluding tert-OH is 1. The minimum atomic E-state index is -0.269. The molecule has 94 valence electrons. The number of amides is 1. The topological polar surface area (TPSA) is 70.6 Å². The van der Waals surface area contributed by atoms with E-state index >= 15 is 0 Å². The molecule has 16 heavy (non-hydrogen) atoms. The standard InChI is InChI=1S/C11H22N2O3/c1-11(2,7-14)6-13-10(15)9-4-8(16-3)5-12-9/h8-9,12,14H,4-7H2,1-3H3,(H,13,15). The Bertz CT molecular complexity index is 243. The van der Waals surface area contributed by atoms with Gasteiger partial charge in [0, 0.05) is 32.2 Å². The van der Waals surface area contributed by atoms with E-state index in [-0.39, 0.29) is 30.1 Å². The van der Waals surface area contributed by atoms with Gasteiger partial charge >= 0.3 is 0 Å². The van der Waals surface area contributed by atoms with Crippen LogP contribution < -0.4 is 10.6 Å². The van der Waals surface area contributed by atoms with Crippen molar-refractivity contribution < 1.29 is 14.6 Å². The molecule has 0 bridgehead atoms. The molecule has 3 N–H and O–H groups in total. The highest BCUT2D eigenvalue weighted by molar-refractivity contribution is 5.82. The molecule has 0 aliphatic carbocycles. The van der Waals surface area contributed by atoms with Crippen molar-refractivity contribution in [2.45, 2.75) is 32.4 Å². The minimum absolute atomic E-state index is 0.0129. The number of carbonyl (C=O) groups is 1. The van der Waals surface area contributed by atoms with Crippen LogP contribution in [0.15, 0.2) is 0 Å². The van der Waals surface area contributed by atoms with E-state index in [1.807, 2.05) is 13.8 Å². The van der Waals surface area contributed by atoms with Crippen LogP contribution in [0.3, 0.4) is 0 Å². The van der Waals surface area contributed by atoms with Crippen LogP contribution in [-0.4, -0.2) is 50.0 Å². The summed E-state index contributed by atoms with van der Waals surface area (Å²) in [6.07, 6.45) is 0.837. The van der Waals surface area contributed by atoms with Gasteiger partial charge < -0.3 is 20.5 Å². The lowest BCUT2D eigenvalue weighted by molar-refractivity contribution is -0.123. The lowest BCUT2D eigenvalue weighted by Crippen LogP contribution is -2.44. The van der Waals surface area contributed by atoms with E-state index in [4.69, 9.17) is 9.84 Å². The zero-order valence-corrected chi connectivity index (χ0v) is 10.2. The second kappa shape index (κ2) is 5.61. The number of ether oxygens (including phenoxy) is 1. The van der Waals surface area contributed by atoms with E-state index in [1.54, 1.807) is 7.11 Å². The fraction of sp³-hybridized carbons (Fsp3) is 0.909. The van der Waals surface area contributed by atoms with E-state index in [2.05, 4.69) is 10.6 Å². The number of rotatable bonds is 5. The third kappa shape index (κ3) is 3.73. The van der Waals surface area contributed by atoms with Gasteiger partial charge in [-0.2, -0.15) is 0 Å².